The number of hydrogen-bond donors (Lipinski definition) is 2. The summed E-state index contributed by atoms with van der Waals surface area (Å²) in [5.74, 6) is 0.598. The first-order valence-corrected chi connectivity index (χ1v) is 7.83. The van der Waals surface area contributed by atoms with E-state index in [1.165, 1.54) is 0 Å². The molecule has 1 aliphatic rings. The molecule has 0 aliphatic carbocycles. The molecule has 20 heavy (non-hydrogen) atoms. The summed E-state index contributed by atoms with van der Waals surface area (Å²) in [6, 6.07) is 5.75. The van der Waals surface area contributed by atoms with Crippen molar-refractivity contribution in [3.05, 3.63) is 28.2 Å². The molecule has 4 nitrogen and oxygen atoms in total. The molecule has 0 aromatic heterocycles. The molecule has 0 radical (unpaired) electrons. The van der Waals surface area contributed by atoms with Crippen LogP contribution >= 0.6 is 15.9 Å². The molecular formula is C15H22BrN3O. The van der Waals surface area contributed by atoms with Gasteiger partial charge in [0.25, 0.3) is 0 Å². The van der Waals surface area contributed by atoms with Crippen LogP contribution in [0.25, 0.3) is 0 Å². The first-order valence-electron chi connectivity index (χ1n) is 7.04. The van der Waals surface area contributed by atoms with E-state index in [1.807, 2.05) is 25.1 Å². The van der Waals surface area contributed by atoms with Crippen molar-refractivity contribution in [3.8, 4) is 0 Å². The summed E-state index contributed by atoms with van der Waals surface area (Å²) < 4.78 is 0.966. The van der Waals surface area contributed by atoms with E-state index in [0.29, 0.717) is 5.92 Å². The van der Waals surface area contributed by atoms with Crippen LogP contribution in [0.3, 0.4) is 0 Å². The SMILES string of the molecule is Cc1ccc(Br)cc1NC(=O)NCC1CCN(C)CC1. The van der Waals surface area contributed by atoms with Crippen molar-refractivity contribution < 1.29 is 4.79 Å². The zero-order valence-electron chi connectivity index (χ0n) is 12.1. The third-order valence-electron chi connectivity index (χ3n) is 3.84. The Labute approximate surface area is 129 Å². The number of piperidine rings is 1. The Hall–Kier alpha value is -1.07. The highest BCUT2D eigenvalue weighted by atomic mass is 79.9. The number of nitrogens with one attached hydrogen (secondary N) is 2. The lowest BCUT2D eigenvalue weighted by molar-refractivity contribution is 0.213. The van der Waals surface area contributed by atoms with Gasteiger partial charge in [-0.3, -0.25) is 0 Å². The highest BCUT2D eigenvalue weighted by molar-refractivity contribution is 9.10. The Morgan fingerprint density at radius 1 is 1.40 bits per heavy atom. The van der Waals surface area contributed by atoms with Crippen LogP contribution in [0, 0.1) is 12.8 Å². The molecule has 1 fully saturated rings. The average molecular weight is 340 g/mol. The highest BCUT2D eigenvalue weighted by Gasteiger charge is 2.17. The Bertz CT molecular complexity index is 470. The molecule has 2 N–H and O–H groups in total. The minimum Gasteiger partial charge on any atom is -0.338 e. The van der Waals surface area contributed by atoms with Crippen LogP contribution < -0.4 is 10.6 Å². The largest absolute Gasteiger partial charge is 0.338 e. The number of urea groups is 1. The third kappa shape index (κ3) is 4.49. The standard InChI is InChI=1S/C15H22BrN3O/c1-11-3-4-13(16)9-14(11)18-15(20)17-10-12-5-7-19(2)8-6-12/h3-4,9,12H,5-8,10H2,1-2H3,(H2,17,18,20). The van der Waals surface area contributed by atoms with E-state index < -0.39 is 0 Å². The second kappa shape index (κ2) is 7.09. The summed E-state index contributed by atoms with van der Waals surface area (Å²) in [4.78, 5) is 14.3. The quantitative estimate of drug-likeness (QED) is 0.887. The maximum Gasteiger partial charge on any atom is 0.319 e. The number of carbonyl (C=O) groups excluding carboxylic acids is 1. The van der Waals surface area contributed by atoms with Crippen LogP contribution in [-0.2, 0) is 0 Å². The Morgan fingerprint density at radius 3 is 2.80 bits per heavy atom. The minimum absolute atomic E-state index is 0.120. The number of likely N-dealkylation sites (tertiary alicyclic amines) is 1. The molecule has 0 atom stereocenters. The van der Waals surface area contributed by atoms with Gasteiger partial charge in [0.15, 0.2) is 0 Å². The smallest absolute Gasteiger partial charge is 0.319 e. The number of anilines is 1. The Morgan fingerprint density at radius 2 is 2.10 bits per heavy atom. The van der Waals surface area contributed by atoms with Crippen LogP contribution in [0.4, 0.5) is 10.5 Å². The summed E-state index contributed by atoms with van der Waals surface area (Å²) in [7, 11) is 2.15. The van der Waals surface area contributed by atoms with Crippen LogP contribution in [0.15, 0.2) is 22.7 Å². The number of nitrogens with zero attached hydrogens (tertiary/aromatic N) is 1. The van der Waals surface area contributed by atoms with Gasteiger partial charge in [-0.1, -0.05) is 22.0 Å². The number of benzene rings is 1. The zero-order chi connectivity index (χ0) is 14.5. The van der Waals surface area contributed by atoms with Gasteiger partial charge in [0.1, 0.15) is 0 Å². The molecule has 0 unspecified atom stereocenters. The average Bonchev–Trinajstić information content (AvgIpc) is 2.42. The summed E-state index contributed by atoms with van der Waals surface area (Å²) in [5.41, 5.74) is 1.91. The van der Waals surface area contributed by atoms with E-state index in [2.05, 4.69) is 38.5 Å². The summed E-state index contributed by atoms with van der Waals surface area (Å²) >= 11 is 3.42. The molecular weight excluding hydrogens is 318 g/mol. The fraction of sp³-hybridized carbons (Fsp3) is 0.533. The maximum atomic E-state index is 11.9. The van der Waals surface area contributed by atoms with E-state index in [1.54, 1.807) is 0 Å². The van der Waals surface area contributed by atoms with E-state index in [9.17, 15) is 4.79 Å². The monoisotopic (exact) mass is 339 g/mol. The van der Waals surface area contributed by atoms with Gasteiger partial charge in [-0.2, -0.15) is 0 Å². The molecule has 1 heterocycles. The van der Waals surface area contributed by atoms with Crippen LogP contribution in [0.1, 0.15) is 18.4 Å². The predicted octanol–water partition coefficient (Wildman–Crippen LogP) is 3.22. The Kier molecular flexibility index (Phi) is 5.43. The number of aryl methyl sites for hydroxylation is 1. The minimum atomic E-state index is -0.120. The van der Waals surface area contributed by atoms with Crippen molar-refractivity contribution in [2.24, 2.45) is 5.92 Å². The van der Waals surface area contributed by atoms with Crippen molar-refractivity contribution in [3.63, 3.8) is 0 Å². The number of carbonyl (C=O) groups is 1. The second-order valence-corrected chi connectivity index (χ2v) is 6.46. The molecule has 0 spiro atoms. The molecule has 1 aliphatic heterocycles. The van der Waals surface area contributed by atoms with E-state index in [-0.39, 0.29) is 6.03 Å². The van der Waals surface area contributed by atoms with Crippen molar-refractivity contribution in [1.29, 1.82) is 0 Å². The van der Waals surface area contributed by atoms with E-state index in [4.69, 9.17) is 0 Å². The Balaban J connectivity index is 1.79. The van der Waals surface area contributed by atoms with Crippen LogP contribution in [-0.4, -0.2) is 37.6 Å². The first-order chi connectivity index (χ1) is 9.54. The number of halogens is 1. The zero-order valence-corrected chi connectivity index (χ0v) is 13.7. The normalized spacial score (nSPS) is 16.9. The van der Waals surface area contributed by atoms with Gasteiger partial charge >= 0.3 is 6.03 Å². The maximum absolute atomic E-state index is 11.9. The van der Waals surface area contributed by atoms with Gasteiger partial charge < -0.3 is 15.5 Å². The van der Waals surface area contributed by atoms with Crippen molar-refractivity contribution in [2.75, 3.05) is 32.0 Å². The fourth-order valence-corrected chi connectivity index (χ4v) is 2.76. The molecule has 1 aromatic carbocycles. The van der Waals surface area contributed by atoms with Crippen LogP contribution in [0.2, 0.25) is 0 Å². The fourth-order valence-electron chi connectivity index (χ4n) is 2.40. The molecule has 2 amide bonds. The number of hydrogen-bond acceptors (Lipinski definition) is 2. The number of amides is 2. The molecule has 1 aromatic rings. The molecule has 1 saturated heterocycles. The molecule has 5 heteroatoms. The van der Waals surface area contributed by atoms with Crippen molar-refractivity contribution in [1.82, 2.24) is 10.2 Å². The van der Waals surface area contributed by atoms with Gasteiger partial charge in [-0.15, -0.1) is 0 Å². The van der Waals surface area contributed by atoms with Gasteiger partial charge in [-0.25, -0.2) is 4.79 Å². The van der Waals surface area contributed by atoms with E-state index in [0.717, 1.165) is 48.2 Å². The molecule has 2 rings (SSSR count). The third-order valence-corrected chi connectivity index (χ3v) is 4.33. The van der Waals surface area contributed by atoms with Gasteiger partial charge in [0, 0.05) is 16.7 Å². The van der Waals surface area contributed by atoms with Crippen molar-refractivity contribution in [2.45, 2.75) is 19.8 Å². The summed E-state index contributed by atoms with van der Waals surface area (Å²) in [6.45, 7) is 4.99. The lowest BCUT2D eigenvalue weighted by atomic mass is 9.97. The first kappa shape index (κ1) is 15.3. The second-order valence-electron chi connectivity index (χ2n) is 5.54. The van der Waals surface area contributed by atoms with E-state index >= 15 is 0 Å². The topological polar surface area (TPSA) is 44.4 Å². The lowest BCUT2D eigenvalue weighted by Gasteiger charge is -2.28. The molecule has 110 valence electrons. The number of rotatable bonds is 3. The summed E-state index contributed by atoms with van der Waals surface area (Å²) in [6.07, 6.45) is 2.32. The van der Waals surface area contributed by atoms with Gasteiger partial charge in [0.05, 0.1) is 0 Å². The lowest BCUT2D eigenvalue weighted by Crippen LogP contribution is -2.38. The molecule has 0 bridgehead atoms. The predicted molar refractivity (Wildman–Crippen MR) is 86.1 cm³/mol. The molecule has 0 saturated carbocycles. The summed E-state index contributed by atoms with van der Waals surface area (Å²) in [5, 5.41) is 5.89. The van der Waals surface area contributed by atoms with Crippen molar-refractivity contribution >= 4 is 27.6 Å². The van der Waals surface area contributed by atoms with Crippen LogP contribution in [0.5, 0.6) is 0 Å². The van der Waals surface area contributed by atoms with Gasteiger partial charge in [-0.05, 0) is 63.5 Å². The van der Waals surface area contributed by atoms with Gasteiger partial charge in [0.2, 0.25) is 0 Å². The highest BCUT2D eigenvalue weighted by Crippen LogP contribution is 2.20.